The summed E-state index contributed by atoms with van der Waals surface area (Å²) in [6, 6.07) is 6.94. The first-order valence-corrected chi connectivity index (χ1v) is 11.1. The van der Waals surface area contributed by atoms with Crippen LogP contribution in [0.25, 0.3) is 6.08 Å². The first-order chi connectivity index (χ1) is 16.3. The number of rotatable bonds is 7. The van der Waals surface area contributed by atoms with E-state index in [0.717, 1.165) is 11.3 Å². The number of anilines is 1. The highest BCUT2D eigenvalue weighted by Gasteiger charge is 2.37. The molecule has 1 N–H and O–H groups in total. The number of nitrogens with zero attached hydrogens (tertiary/aromatic N) is 1. The molecule has 1 fully saturated rings. The van der Waals surface area contributed by atoms with Crippen molar-refractivity contribution < 1.29 is 33.3 Å². The van der Waals surface area contributed by atoms with Gasteiger partial charge in [0.05, 0.1) is 23.4 Å². The maximum absolute atomic E-state index is 13.2. The van der Waals surface area contributed by atoms with Crippen LogP contribution >= 0.6 is 11.6 Å². The summed E-state index contributed by atoms with van der Waals surface area (Å²) in [5, 5.41) is 2.46. The standard InChI is InChI=1S/C24H23ClN2O7/c1-4-13(3)34-21-17(25)9-14(10-20(21)31-5-2)8-16-22(28)26-24(30)27(23(16)29)15-6-7-18-19(11-15)33-12-32-18/h6-11,13H,4-5,12H2,1-3H3,(H,26,28,30)/b16-8+/t13-/m1/s1. The second-order valence-corrected chi connectivity index (χ2v) is 8.00. The Balaban J connectivity index is 1.70. The van der Waals surface area contributed by atoms with Crippen LogP contribution in [-0.2, 0) is 9.59 Å². The minimum absolute atomic E-state index is 0.0439. The fourth-order valence-corrected chi connectivity index (χ4v) is 3.68. The van der Waals surface area contributed by atoms with Gasteiger partial charge >= 0.3 is 6.03 Å². The first kappa shape index (κ1) is 23.4. The molecule has 2 aromatic carbocycles. The van der Waals surface area contributed by atoms with Crippen LogP contribution in [0.5, 0.6) is 23.0 Å². The predicted octanol–water partition coefficient (Wildman–Crippen LogP) is 4.31. The molecule has 10 heteroatoms. The van der Waals surface area contributed by atoms with Gasteiger partial charge in [0, 0.05) is 6.07 Å². The van der Waals surface area contributed by atoms with E-state index in [2.05, 4.69) is 5.32 Å². The lowest BCUT2D eigenvalue weighted by atomic mass is 10.1. The Hall–Kier alpha value is -3.72. The Bertz CT molecular complexity index is 1190. The lowest BCUT2D eigenvalue weighted by Gasteiger charge is -2.26. The molecule has 0 radical (unpaired) electrons. The summed E-state index contributed by atoms with van der Waals surface area (Å²) in [7, 11) is 0. The Labute approximate surface area is 201 Å². The zero-order valence-corrected chi connectivity index (χ0v) is 19.6. The quantitative estimate of drug-likeness (QED) is 0.459. The molecule has 0 bridgehead atoms. The highest BCUT2D eigenvalue weighted by atomic mass is 35.5. The van der Waals surface area contributed by atoms with E-state index in [9.17, 15) is 14.4 Å². The number of ether oxygens (including phenoxy) is 4. The van der Waals surface area contributed by atoms with Gasteiger partial charge in [-0.25, -0.2) is 9.69 Å². The first-order valence-electron chi connectivity index (χ1n) is 10.8. The average molecular weight is 487 g/mol. The van der Waals surface area contributed by atoms with E-state index in [-0.39, 0.29) is 29.2 Å². The van der Waals surface area contributed by atoms with Gasteiger partial charge in [0.2, 0.25) is 6.79 Å². The molecule has 1 atom stereocenters. The Kier molecular flexibility index (Phi) is 6.65. The van der Waals surface area contributed by atoms with Crippen LogP contribution in [0.4, 0.5) is 10.5 Å². The number of benzene rings is 2. The predicted molar refractivity (Wildman–Crippen MR) is 125 cm³/mol. The van der Waals surface area contributed by atoms with E-state index >= 15 is 0 Å². The van der Waals surface area contributed by atoms with Crippen molar-refractivity contribution in [3.8, 4) is 23.0 Å². The number of urea groups is 1. The van der Waals surface area contributed by atoms with Crippen LogP contribution in [-0.4, -0.2) is 37.3 Å². The lowest BCUT2D eigenvalue weighted by Crippen LogP contribution is -2.54. The molecule has 2 aromatic rings. The molecule has 34 heavy (non-hydrogen) atoms. The third-order valence-electron chi connectivity index (χ3n) is 5.25. The molecule has 1 saturated heterocycles. The summed E-state index contributed by atoms with van der Waals surface area (Å²) in [5.41, 5.74) is 0.422. The molecule has 4 amide bonds. The van der Waals surface area contributed by atoms with Crippen molar-refractivity contribution in [3.05, 3.63) is 46.5 Å². The van der Waals surface area contributed by atoms with Gasteiger partial charge in [-0.3, -0.25) is 14.9 Å². The second-order valence-electron chi connectivity index (χ2n) is 7.60. The van der Waals surface area contributed by atoms with Crippen molar-refractivity contribution in [2.75, 3.05) is 18.3 Å². The third kappa shape index (κ3) is 4.51. The number of carbonyl (C=O) groups excluding carboxylic acids is 3. The Morgan fingerprint density at radius 3 is 2.65 bits per heavy atom. The van der Waals surface area contributed by atoms with Crippen LogP contribution < -0.4 is 29.2 Å². The number of halogens is 1. The normalized spacial score (nSPS) is 17.1. The van der Waals surface area contributed by atoms with Crippen molar-refractivity contribution in [1.29, 1.82) is 0 Å². The molecule has 9 nitrogen and oxygen atoms in total. The van der Waals surface area contributed by atoms with Gasteiger partial charge in [0.15, 0.2) is 23.0 Å². The van der Waals surface area contributed by atoms with Crippen LogP contribution in [0.2, 0.25) is 5.02 Å². The number of fused-ring (bicyclic) bond motifs is 1. The molecule has 4 rings (SSSR count). The highest BCUT2D eigenvalue weighted by molar-refractivity contribution is 6.39. The summed E-state index contributed by atoms with van der Waals surface area (Å²) in [6.45, 7) is 6.12. The Morgan fingerprint density at radius 2 is 1.91 bits per heavy atom. The molecule has 2 heterocycles. The van der Waals surface area contributed by atoms with Crippen LogP contribution in [0.15, 0.2) is 35.9 Å². The Morgan fingerprint density at radius 1 is 1.15 bits per heavy atom. The largest absolute Gasteiger partial charge is 0.490 e. The van der Waals surface area contributed by atoms with E-state index in [1.807, 2.05) is 20.8 Å². The molecule has 0 aliphatic carbocycles. The van der Waals surface area contributed by atoms with Crippen molar-refractivity contribution in [1.82, 2.24) is 5.32 Å². The van der Waals surface area contributed by atoms with Crippen LogP contribution in [0, 0.1) is 0 Å². The molecule has 0 aromatic heterocycles. The molecule has 0 saturated carbocycles. The molecule has 178 valence electrons. The maximum Gasteiger partial charge on any atom is 0.335 e. The molecule has 0 spiro atoms. The summed E-state index contributed by atoms with van der Waals surface area (Å²) >= 11 is 6.45. The van der Waals surface area contributed by atoms with Crippen LogP contribution in [0.3, 0.4) is 0 Å². The number of hydrogen-bond donors (Lipinski definition) is 1. The highest BCUT2D eigenvalue weighted by Crippen LogP contribution is 2.39. The fourth-order valence-electron chi connectivity index (χ4n) is 3.42. The van der Waals surface area contributed by atoms with Crippen molar-refractivity contribution in [2.24, 2.45) is 0 Å². The number of barbiturate groups is 1. The fraction of sp³-hybridized carbons (Fsp3) is 0.292. The van der Waals surface area contributed by atoms with E-state index in [0.29, 0.717) is 35.2 Å². The number of imide groups is 2. The minimum Gasteiger partial charge on any atom is -0.490 e. The number of amides is 4. The van der Waals surface area contributed by atoms with Crippen molar-refractivity contribution in [3.63, 3.8) is 0 Å². The lowest BCUT2D eigenvalue weighted by molar-refractivity contribution is -0.122. The van der Waals surface area contributed by atoms with E-state index in [1.54, 1.807) is 18.2 Å². The topological polar surface area (TPSA) is 103 Å². The van der Waals surface area contributed by atoms with Crippen molar-refractivity contribution >= 4 is 41.2 Å². The van der Waals surface area contributed by atoms with Crippen LogP contribution in [0.1, 0.15) is 32.8 Å². The van der Waals surface area contributed by atoms with E-state index < -0.39 is 17.8 Å². The average Bonchev–Trinajstić information content (AvgIpc) is 3.27. The molecule has 2 aliphatic rings. The zero-order valence-electron chi connectivity index (χ0n) is 18.8. The second kappa shape index (κ2) is 9.64. The molecular formula is C24H23ClN2O7. The number of carbonyl (C=O) groups is 3. The summed E-state index contributed by atoms with van der Waals surface area (Å²) in [4.78, 5) is 39.1. The smallest absolute Gasteiger partial charge is 0.335 e. The monoisotopic (exact) mass is 486 g/mol. The SMILES string of the molecule is CCOc1cc(/C=C2\C(=O)NC(=O)N(c3ccc4c(c3)OCO4)C2=O)cc(Cl)c1O[C@H](C)CC. The molecular weight excluding hydrogens is 464 g/mol. The molecule has 0 unspecified atom stereocenters. The zero-order chi connectivity index (χ0) is 24.4. The van der Waals surface area contributed by atoms with E-state index in [1.165, 1.54) is 18.2 Å². The third-order valence-corrected chi connectivity index (χ3v) is 5.53. The maximum atomic E-state index is 13.2. The van der Waals surface area contributed by atoms with Gasteiger partial charge < -0.3 is 18.9 Å². The van der Waals surface area contributed by atoms with Gasteiger partial charge in [-0.1, -0.05) is 18.5 Å². The number of hydrogen-bond acceptors (Lipinski definition) is 7. The van der Waals surface area contributed by atoms with Gasteiger partial charge in [0.25, 0.3) is 11.8 Å². The van der Waals surface area contributed by atoms with Crippen molar-refractivity contribution in [2.45, 2.75) is 33.3 Å². The van der Waals surface area contributed by atoms with Gasteiger partial charge in [0.1, 0.15) is 5.57 Å². The van der Waals surface area contributed by atoms with Gasteiger partial charge in [-0.2, -0.15) is 0 Å². The minimum atomic E-state index is -0.864. The summed E-state index contributed by atoms with van der Waals surface area (Å²) in [6.07, 6.45) is 2.03. The van der Waals surface area contributed by atoms with E-state index in [4.69, 9.17) is 30.5 Å². The molecule has 2 aliphatic heterocycles. The van der Waals surface area contributed by atoms with Gasteiger partial charge in [-0.05, 0) is 56.2 Å². The number of nitrogens with one attached hydrogen (secondary N) is 1. The van der Waals surface area contributed by atoms with Gasteiger partial charge in [-0.15, -0.1) is 0 Å². The summed E-state index contributed by atoms with van der Waals surface area (Å²) in [5.74, 6) is 0.0533. The summed E-state index contributed by atoms with van der Waals surface area (Å²) < 4.78 is 22.2.